The predicted molar refractivity (Wildman–Crippen MR) is 111 cm³/mol. The number of hydrogen-bond acceptors (Lipinski definition) is 8. The van der Waals surface area contributed by atoms with E-state index in [1.165, 1.54) is 0 Å². The first kappa shape index (κ1) is 28.8. The van der Waals surface area contributed by atoms with Gasteiger partial charge in [0.25, 0.3) is 0 Å². The monoisotopic (exact) mass is 458 g/mol. The summed E-state index contributed by atoms with van der Waals surface area (Å²) in [5.41, 5.74) is 3.22. The molecule has 0 aliphatic carbocycles. The van der Waals surface area contributed by atoms with Crippen molar-refractivity contribution in [1.82, 2.24) is 5.32 Å². The van der Waals surface area contributed by atoms with Crippen LogP contribution in [0.25, 0.3) is 0 Å². The maximum Gasteiger partial charge on any atom is 0.336 e. The van der Waals surface area contributed by atoms with E-state index in [0.717, 1.165) is 5.56 Å². The number of hydrogen-bond donors (Lipinski definition) is 7. The number of nitrogens with two attached hydrogens (primary N) is 1. The second-order valence-electron chi connectivity index (χ2n) is 7.29. The Morgan fingerprint density at radius 1 is 1.03 bits per heavy atom. The number of benzene rings is 1. The van der Waals surface area contributed by atoms with E-state index < -0.39 is 42.5 Å². The normalized spacial score (nSPS) is 11.8. The summed E-state index contributed by atoms with van der Waals surface area (Å²) in [4.78, 5) is 41.2. The topological polar surface area (TPSA) is 217 Å². The number of aliphatic carboxylic acids is 3. The van der Waals surface area contributed by atoms with Gasteiger partial charge in [0.15, 0.2) is 5.60 Å². The zero-order valence-corrected chi connectivity index (χ0v) is 17.9. The Kier molecular flexibility index (Phi) is 12.6. The van der Waals surface area contributed by atoms with Crippen molar-refractivity contribution in [2.75, 3.05) is 13.2 Å². The number of aliphatic hydroxyl groups is 2. The Labute approximate surface area is 184 Å². The fourth-order valence-corrected chi connectivity index (χ4v) is 2.24. The molecule has 0 saturated carbocycles. The van der Waals surface area contributed by atoms with Gasteiger partial charge in [-0.2, -0.15) is 0 Å². The van der Waals surface area contributed by atoms with E-state index >= 15 is 0 Å². The van der Waals surface area contributed by atoms with Gasteiger partial charge < -0.3 is 41.3 Å². The van der Waals surface area contributed by atoms with Gasteiger partial charge in [-0.3, -0.25) is 14.4 Å². The number of rotatable bonds is 13. The molecule has 0 aliphatic heterocycles. The number of carboxylic acids is 3. The van der Waals surface area contributed by atoms with Gasteiger partial charge in [0.05, 0.1) is 19.3 Å². The lowest BCUT2D eigenvalue weighted by Gasteiger charge is -2.18. The molecular formula is C20H30N2O10. The number of carbonyl (C=O) groups excluding carboxylic acids is 1. The average Bonchev–Trinajstić information content (AvgIpc) is 2.64. The number of amides is 1. The molecule has 1 aromatic carbocycles. The van der Waals surface area contributed by atoms with Gasteiger partial charge in [-0.15, -0.1) is 0 Å². The molecular weight excluding hydrogens is 428 g/mol. The summed E-state index contributed by atoms with van der Waals surface area (Å²) in [7, 11) is 0. The highest BCUT2D eigenvalue weighted by atomic mass is 16.5. The summed E-state index contributed by atoms with van der Waals surface area (Å²) < 4.78 is 5.45. The van der Waals surface area contributed by atoms with E-state index in [1.807, 2.05) is 13.8 Å². The molecule has 12 heteroatoms. The molecule has 0 saturated heterocycles. The fraction of sp³-hybridized carbons (Fsp3) is 0.500. The smallest absolute Gasteiger partial charge is 0.336 e. The summed E-state index contributed by atoms with van der Waals surface area (Å²) in [6, 6.07) is 7.45. The zero-order chi connectivity index (χ0) is 24.9. The van der Waals surface area contributed by atoms with Gasteiger partial charge in [0, 0.05) is 12.6 Å². The van der Waals surface area contributed by atoms with Crippen LogP contribution in [0.1, 0.15) is 32.3 Å². The van der Waals surface area contributed by atoms with E-state index in [-0.39, 0.29) is 18.9 Å². The van der Waals surface area contributed by atoms with Crippen molar-refractivity contribution in [2.45, 2.75) is 50.9 Å². The van der Waals surface area contributed by atoms with Gasteiger partial charge >= 0.3 is 17.9 Å². The molecule has 1 aromatic rings. The van der Waals surface area contributed by atoms with Crippen molar-refractivity contribution >= 4 is 23.8 Å². The number of carboxylic acid groups (broad SMARTS) is 3. The highest BCUT2D eigenvalue weighted by Gasteiger charge is 2.40. The largest absolute Gasteiger partial charge is 0.491 e. The number of primary amides is 1. The molecule has 0 bridgehead atoms. The van der Waals surface area contributed by atoms with Gasteiger partial charge in [0.2, 0.25) is 5.91 Å². The number of aliphatic hydroxyl groups excluding tert-OH is 1. The van der Waals surface area contributed by atoms with Crippen molar-refractivity contribution in [3.8, 4) is 5.75 Å². The van der Waals surface area contributed by atoms with Crippen LogP contribution in [0, 0.1) is 0 Å². The molecule has 0 aromatic heterocycles. The summed E-state index contributed by atoms with van der Waals surface area (Å²) in [6.07, 6.45) is -2.61. The van der Waals surface area contributed by atoms with Crippen LogP contribution < -0.4 is 15.8 Å². The highest BCUT2D eigenvalue weighted by molar-refractivity contribution is 5.88. The molecule has 180 valence electrons. The van der Waals surface area contributed by atoms with Crippen molar-refractivity contribution in [3.63, 3.8) is 0 Å². The minimum Gasteiger partial charge on any atom is -0.491 e. The second-order valence-corrected chi connectivity index (χ2v) is 7.29. The Balaban J connectivity index is 0.000000649. The number of nitrogens with one attached hydrogen (secondary N) is 1. The quantitative estimate of drug-likeness (QED) is 0.194. The molecule has 12 nitrogen and oxygen atoms in total. The first-order valence-corrected chi connectivity index (χ1v) is 9.56. The highest BCUT2D eigenvalue weighted by Crippen LogP contribution is 2.16. The molecule has 1 atom stereocenters. The third kappa shape index (κ3) is 13.2. The van der Waals surface area contributed by atoms with E-state index in [9.17, 15) is 24.3 Å². The SMILES string of the molecule is CC(C)NCC(O)COc1ccc(CC(N)=O)cc1.O=C(O)CC(O)(CC(=O)O)C(=O)O. The zero-order valence-electron chi connectivity index (χ0n) is 17.9. The minimum atomic E-state index is -2.74. The maximum atomic E-state index is 10.7. The lowest BCUT2D eigenvalue weighted by Crippen LogP contribution is -2.42. The van der Waals surface area contributed by atoms with E-state index in [1.54, 1.807) is 24.3 Å². The lowest BCUT2D eigenvalue weighted by atomic mass is 9.96. The summed E-state index contributed by atoms with van der Waals surface area (Å²) in [6.45, 7) is 4.77. The van der Waals surface area contributed by atoms with Crippen molar-refractivity contribution < 1.29 is 49.4 Å². The molecule has 8 N–H and O–H groups in total. The number of carbonyl (C=O) groups is 4. The third-order valence-electron chi connectivity index (χ3n) is 3.79. The van der Waals surface area contributed by atoms with Crippen LogP contribution in [0.2, 0.25) is 0 Å². The Morgan fingerprint density at radius 2 is 1.53 bits per heavy atom. The number of ether oxygens (including phenoxy) is 1. The molecule has 1 unspecified atom stereocenters. The Hall–Kier alpha value is -3.22. The molecule has 1 rings (SSSR count). The van der Waals surface area contributed by atoms with Crippen molar-refractivity contribution in [1.29, 1.82) is 0 Å². The first-order chi connectivity index (χ1) is 14.7. The predicted octanol–water partition coefficient (Wildman–Crippen LogP) is -0.796. The summed E-state index contributed by atoms with van der Waals surface area (Å²) in [5, 5.41) is 46.6. The first-order valence-electron chi connectivity index (χ1n) is 9.56. The molecule has 1 amide bonds. The van der Waals surface area contributed by atoms with Crippen LogP contribution in [0.5, 0.6) is 5.75 Å². The fourth-order valence-electron chi connectivity index (χ4n) is 2.24. The van der Waals surface area contributed by atoms with Crippen LogP contribution >= 0.6 is 0 Å². The van der Waals surface area contributed by atoms with Crippen molar-refractivity contribution in [2.24, 2.45) is 5.73 Å². The summed E-state index contributed by atoms with van der Waals surface area (Å²) in [5.74, 6) is -4.71. The second kappa shape index (κ2) is 14.0. The minimum absolute atomic E-state index is 0.223. The Bertz CT molecular complexity index is 748. The third-order valence-corrected chi connectivity index (χ3v) is 3.79. The lowest BCUT2D eigenvalue weighted by molar-refractivity contribution is -0.170. The van der Waals surface area contributed by atoms with Gasteiger partial charge in [-0.05, 0) is 17.7 Å². The molecule has 0 radical (unpaired) electrons. The van der Waals surface area contributed by atoms with Crippen LogP contribution in [0.3, 0.4) is 0 Å². The molecule has 0 heterocycles. The van der Waals surface area contributed by atoms with Crippen LogP contribution in [-0.2, 0) is 25.6 Å². The van der Waals surface area contributed by atoms with Crippen LogP contribution in [0.15, 0.2) is 24.3 Å². The van der Waals surface area contributed by atoms with Crippen LogP contribution in [-0.4, -0.2) is 80.2 Å². The molecule has 0 spiro atoms. The molecule has 0 aliphatic rings. The van der Waals surface area contributed by atoms with E-state index in [0.29, 0.717) is 18.3 Å². The summed E-state index contributed by atoms with van der Waals surface area (Å²) >= 11 is 0. The maximum absolute atomic E-state index is 10.7. The molecule has 0 fully saturated rings. The van der Waals surface area contributed by atoms with E-state index in [2.05, 4.69) is 5.32 Å². The molecule has 32 heavy (non-hydrogen) atoms. The van der Waals surface area contributed by atoms with Crippen molar-refractivity contribution in [3.05, 3.63) is 29.8 Å². The average molecular weight is 458 g/mol. The van der Waals surface area contributed by atoms with Gasteiger partial charge in [-0.1, -0.05) is 26.0 Å². The van der Waals surface area contributed by atoms with E-state index in [4.69, 9.17) is 30.9 Å². The Morgan fingerprint density at radius 3 is 1.91 bits per heavy atom. The van der Waals surface area contributed by atoms with Gasteiger partial charge in [-0.25, -0.2) is 4.79 Å². The van der Waals surface area contributed by atoms with Crippen LogP contribution in [0.4, 0.5) is 0 Å². The van der Waals surface area contributed by atoms with Gasteiger partial charge in [0.1, 0.15) is 18.5 Å². The standard InChI is InChI=1S/C14H22N2O3.C6H8O7/c1-10(2)16-8-12(17)9-19-13-5-3-11(4-6-13)7-14(15)18;7-3(8)1-6(13,5(11)12)2-4(9)10/h3-6,10,12,16-17H,7-9H2,1-2H3,(H2,15,18);13H,1-2H2,(H,7,8)(H,9,10)(H,11,12).